The summed E-state index contributed by atoms with van der Waals surface area (Å²) in [5, 5.41) is 0.252. The summed E-state index contributed by atoms with van der Waals surface area (Å²) in [6.45, 7) is 2.25. The van der Waals surface area contributed by atoms with Gasteiger partial charge in [0.15, 0.2) is 0 Å². The second-order valence-electron chi connectivity index (χ2n) is 3.42. The molecule has 0 heterocycles. The lowest BCUT2D eigenvalue weighted by atomic mass is 10.2. The van der Waals surface area contributed by atoms with Gasteiger partial charge in [-0.25, -0.2) is 4.39 Å². The molecule has 0 atom stereocenters. The summed E-state index contributed by atoms with van der Waals surface area (Å²) < 4.78 is 18.0. The minimum absolute atomic E-state index is 0.216. The van der Waals surface area contributed by atoms with E-state index in [0.29, 0.717) is 31.6 Å². The molecule has 88 valence electrons. The van der Waals surface area contributed by atoms with E-state index in [-0.39, 0.29) is 10.8 Å². The zero-order chi connectivity index (χ0) is 12.0. The van der Waals surface area contributed by atoms with Crippen LogP contribution in [0.25, 0.3) is 0 Å². The van der Waals surface area contributed by atoms with Crippen molar-refractivity contribution in [2.45, 2.75) is 26.2 Å². The Balaban J connectivity index is 2.35. The lowest BCUT2D eigenvalue weighted by Gasteiger charge is -2.07. The Morgan fingerprint density at radius 2 is 2.25 bits per heavy atom. The van der Waals surface area contributed by atoms with E-state index in [1.54, 1.807) is 0 Å². The highest BCUT2D eigenvalue weighted by Crippen LogP contribution is 2.24. The predicted octanol–water partition coefficient (Wildman–Crippen LogP) is 3.62. The molecule has 0 saturated carbocycles. The molecule has 0 amide bonds. The number of ketones is 1. The molecule has 0 N–H and O–H groups in total. The van der Waals surface area contributed by atoms with E-state index in [9.17, 15) is 9.18 Å². The summed E-state index contributed by atoms with van der Waals surface area (Å²) >= 11 is 5.77. The molecule has 0 aliphatic rings. The van der Waals surface area contributed by atoms with Gasteiger partial charge in [-0.1, -0.05) is 18.5 Å². The highest BCUT2D eigenvalue weighted by atomic mass is 35.5. The lowest BCUT2D eigenvalue weighted by molar-refractivity contribution is -0.118. The van der Waals surface area contributed by atoms with Crippen LogP contribution in [-0.4, -0.2) is 12.4 Å². The molecule has 16 heavy (non-hydrogen) atoms. The van der Waals surface area contributed by atoms with Crippen molar-refractivity contribution in [1.29, 1.82) is 0 Å². The summed E-state index contributed by atoms with van der Waals surface area (Å²) in [6, 6.07) is 3.98. The van der Waals surface area contributed by atoms with Crippen LogP contribution in [0.15, 0.2) is 18.2 Å². The molecule has 0 bridgehead atoms. The Morgan fingerprint density at radius 3 is 2.88 bits per heavy atom. The molecule has 0 fully saturated rings. The van der Waals surface area contributed by atoms with Crippen LogP contribution in [0.4, 0.5) is 4.39 Å². The third-order valence-corrected chi connectivity index (χ3v) is 2.44. The molecule has 4 heteroatoms. The zero-order valence-corrected chi connectivity index (χ0v) is 9.89. The van der Waals surface area contributed by atoms with E-state index in [1.807, 2.05) is 6.92 Å². The third-order valence-electron chi connectivity index (χ3n) is 2.15. The van der Waals surface area contributed by atoms with Crippen molar-refractivity contribution >= 4 is 17.4 Å². The number of Topliss-reactive ketones (excluding diaryl/α,β-unsaturated/α-hetero) is 1. The van der Waals surface area contributed by atoms with Crippen molar-refractivity contribution in [3.8, 4) is 5.75 Å². The van der Waals surface area contributed by atoms with Gasteiger partial charge in [-0.05, 0) is 24.6 Å². The van der Waals surface area contributed by atoms with E-state index in [1.165, 1.54) is 18.2 Å². The van der Waals surface area contributed by atoms with E-state index < -0.39 is 5.82 Å². The standard InChI is InChI=1S/C12H14ClFO2/c1-2-10(15)4-3-7-16-12-6-5-9(14)8-11(12)13/h5-6,8H,2-4,7H2,1H3. The van der Waals surface area contributed by atoms with E-state index in [4.69, 9.17) is 16.3 Å². The second kappa shape index (κ2) is 6.48. The quantitative estimate of drug-likeness (QED) is 0.715. The summed E-state index contributed by atoms with van der Waals surface area (Å²) in [5.41, 5.74) is 0. The van der Waals surface area contributed by atoms with Crippen molar-refractivity contribution < 1.29 is 13.9 Å². The summed E-state index contributed by atoms with van der Waals surface area (Å²) in [4.78, 5) is 11.0. The van der Waals surface area contributed by atoms with Gasteiger partial charge < -0.3 is 4.74 Å². The maximum atomic E-state index is 12.7. The van der Waals surface area contributed by atoms with Gasteiger partial charge >= 0.3 is 0 Å². The van der Waals surface area contributed by atoms with Crippen molar-refractivity contribution in [2.75, 3.05) is 6.61 Å². The van der Waals surface area contributed by atoms with Crippen LogP contribution in [0.5, 0.6) is 5.75 Å². The molecule has 1 aromatic carbocycles. The van der Waals surface area contributed by atoms with Gasteiger partial charge in [-0.3, -0.25) is 4.79 Å². The first-order chi connectivity index (χ1) is 7.63. The second-order valence-corrected chi connectivity index (χ2v) is 3.83. The van der Waals surface area contributed by atoms with Gasteiger partial charge in [-0.15, -0.1) is 0 Å². The molecular formula is C12H14ClFO2. The van der Waals surface area contributed by atoms with Gasteiger partial charge in [0.2, 0.25) is 0 Å². The van der Waals surface area contributed by atoms with E-state index in [2.05, 4.69) is 0 Å². The SMILES string of the molecule is CCC(=O)CCCOc1ccc(F)cc1Cl. The minimum Gasteiger partial charge on any atom is -0.492 e. The third kappa shape index (κ3) is 4.19. The van der Waals surface area contributed by atoms with Crippen LogP contribution in [-0.2, 0) is 4.79 Å². The van der Waals surface area contributed by atoms with Gasteiger partial charge in [0, 0.05) is 12.8 Å². The number of carbonyl (C=O) groups is 1. The number of halogens is 2. The summed E-state index contributed by atoms with van der Waals surface area (Å²) in [7, 11) is 0. The van der Waals surface area contributed by atoms with Crippen LogP contribution in [0, 0.1) is 5.82 Å². The Kier molecular flexibility index (Phi) is 5.26. The molecule has 0 saturated heterocycles. The van der Waals surface area contributed by atoms with E-state index in [0.717, 1.165) is 0 Å². The van der Waals surface area contributed by atoms with Crippen molar-refractivity contribution in [2.24, 2.45) is 0 Å². The number of hydrogen-bond acceptors (Lipinski definition) is 2. The maximum Gasteiger partial charge on any atom is 0.138 e. The van der Waals surface area contributed by atoms with Gasteiger partial charge in [-0.2, -0.15) is 0 Å². The number of ether oxygens (including phenoxy) is 1. The topological polar surface area (TPSA) is 26.3 Å². The Bertz CT molecular complexity index is 366. The fourth-order valence-corrected chi connectivity index (χ4v) is 1.44. The fraction of sp³-hybridized carbons (Fsp3) is 0.417. The molecule has 0 spiro atoms. The summed E-state index contributed by atoms with van der Waals surface area (Å²) in [6.07, 6.45) is 1.72. The predicted molar refractivity (Wildman–Crippen MR) is 61.4 cm³/mol. The average molecular weight is 245 g/mol. The first kappa shape index (κ1) is 13.0. The molecule has 0 aliphatic carbocycles. The average Bonchev–Trinajstić information content (AvgIpc) is 2.26. The Labute approximate surface area is 99.4 Å². The molecule has 0 aromatic heterocycles. The van der Waals surface area contributed by atoms with Crippen molar-refractivity contribution in [3.05, 3.63) is 29.0 Å². The first-order valence-electron chi connectivity index (χ1n) is 5.23. The highest BCUT2D eigenvalue weighted by molar-refractivity contribution is 6.32. The molecule has 1 rings (SSSR count). The lowest BCUT2D eigenvalue weighted by Crippen LogP contribution is -2.02. The molecule has 1 aromatic rings. The van der Waals surface area contributed by atoms with Gasteiger partial charge in [0.1, 0.15) is 17.3 Å². The van der Waals surface area contributed by atoms with Crippen molar-refractivity contribution in [1.82, 2.24) is 0 Å². The smallest absolute Gasteiger partial charge is 0.138 e. The molecule has 2 nitrogen and oxygen atoms in total. The van der Waals surface area contributed by atoms with Crippen molar-refractivity contribution in [3.63, 3.8) is 0 Å². The Morgan fingerprint density at radius 1 is 1.50 bits per heavy atom. The van der Waals surface area contributed by atoms with Crippen LogP contribution < -0.4 is 4.74 Å². The maximum absolute atomic E-state index is 12.7. The minimum atomic E-state index is -0.390. The van der Waals surface area contributed by atoms with Gasteiger partial charge in [0.05, 0.1) is 11.6 Å². The van der Waals surface area contributed by atoms with Crippen LogP contribution in [0.3, 0.4) is 0 Å². The molecular weight excluding hydrogens is 231 g/mol. The number of benzene rings is 1. The Hall–Kier alpha value is -1.09. The number of hydrogen-bond donors (Lipinski definition) is 0. The van der Waals surface area contributed by atoms with E-state index >= 15 is 0 Å². The summed E-state index contributed by atoms with van der Waals surface area (Å²) in [5.74, 6) is 0.277. The molecule has 0 radical (unpaired) electrons. The monoisotopic (exact) mass is 244 g/mol. The molecule has 0 aliphatic heterocycles. The zero-order valence-electron chi connectivity index (χ0n) is 9.13. The molecule has 0 unspecified atom stereocenters. The number of rotatable bonds is 6. The largest absolute Gasteiger partial charge is 0.492 e. The number of carbonyl (C=O) groups excluding carboxylic acids is 1. The van der Waals surface area contributed by atoms with Crippen LogP contribution in [0.1, 0.15) is 26.2 Å². The normalized spacial score (nSPS) is 10.2. The van der Waals surface area contributed by atoms with Crippen LogP contribution in [0.2, 0.25) is 5.02 Å². The fourth-order valence-electron chi connectivity index (χ4n) is 1.22. The first-order valence-corrected chi connectivity index (χ1v) is 5.61. The van der Waals surface area contributed by atoms with Gasteiger partial charge in [0.25, 0.3) is 0 Å². The van der Waals surface area contributed by atoms with Crippen LogP contribution >= 0.6 is 11.6 Å². The highest BCUT2D eigenvalue weighted by Gasteiger charge is 2.03.